The number of hydrogen-bond acceptors (Lipinski definition) is 0. The minimum atomic E-state index is -0.128. The van der Waals surface area contributed by atoms with E-state index in [1.807, 2.05) is 20.8 Å². The molecule has 43 heavy (non-hydrogen) atoms. The predicted octanol–water partition coefficient (Wildman–Crippen LogP) is 11.7. The second-order valence-corrected chi connectivity index (χ2v) is 13.4. The molecule has 6 rings (SSSR count). The quantitative estimate of drug-likeness (QED) is 0.182. The Kier molecular flexibility index (Phi) is 7.03. The van der Waals surface area contributed by atoms with Crippen LogP contribution >= 0.6 is 0 Å². The summed E-state index contributed by atoms with van der Waals surface area (Å²) >= 11 is 0. The summed E-state index contributed by atoms with van der Waals surface area (Å²) in [6.45, 7) is 26.5. The molecule has 0 radical (unpaired) electrons. The van der Waals surface area contributed by atoms with Gasteiger partial charge in [0.05, 0.1) is 16.6 Å². The van der Waals surface area contributed by atoms with Gasteiger partial charge in [-0.15, -0.1) is 0 Å². The van der Waals surface area contributed by atoms with Crippen LogP contribution in [-0.4, -0.2) is 4.40 Å². The number of aryl methyl sites for hydroxylation is 2. The van der Waals surface area contributed by atoms with E-state index in [2.05, 4.69) is 107 Å². The number of pyridine rings is 1. The van der Waals surface area contributed by atoms with Crippen LogP contribution in [0, 0.1) is 26.6 Å². The van der Waals surface area contributed by atoms with Gasteiger partial charge in [0.1, 0.15) is 5.82 Å². The molecule has 2 heterocycles. The van der Waals surface area contributed by atoms with Gasteiger partial charge < -0.3 is 4.40 Å². The molecule has 0 bridgehead atoms. The van der Waals surface area contributed by atoms with Crippen LogP contribution in [0.3, 0.4) is 0 Å². The third-order valence-corrected chi connectivity index (χ3v) is 9.73. The van der Waals surface area contributed by atoms with Crippen molar-refractivity contribution >= 4 is 50.7 Å². The first-order valence-corrected chi connectivity index (χ1v) is 15.8. The number of rotatable bonds is 5. The zero-order valence-electron chi connectivity index (χ0n) is 27.5. The molecule has 2 aromatic heterocycles. The molecule has 0 aliphatic carbocycles. The summed E-state index contributed by atoms with van der Waals surface area (Å²) in [5.74, 6) is 1.02. The first-order chi connectivity index (χ1) is 20.4. The highest BCUT2D eigenvalue weighted by molar-refractivity contribution is 6.24. The van der Waals surface area contributed by atoms with Gasteiger partial charge in [0.2, 0.25) is 0 Å². The van der Waals surface area contributed by atoms with Crippen molar-refractivity contribution in [1.82, 2.24) is 4.40 Å². The Balaban J connectivity index is 2.00. The number of hydrogen-bond donors (Lipinski definition) is 0. The zero-order valence-corrected chi connectivity index (χ0v) is 27.5. The highest BCUT2D eigenvalue weighted by Gasteiger charge is 2.27. The second-order valence-electron chi connectivity index (χ2n) is 13.4. The molecule has 6 aromatic rings. The number of fused-ring (bicyclic) bond motifs is 5. The molecule has 0 saturated heterocycles. The SMILES string of the molecule is C=c1c2c(C)c(C)c(F)c(C)c2n2c3ccccc3c3c(-c4c(C(C)C)cc(C(C)C)cc4C(C)C)cc(/C=C\C)c1c32. The molecule has 0 saturated carbocycles. The van der Waals surface area contributed by atoms with E-state index in [4.69, 9.17) is 6.58 Å². The first kappa shape index (κ1) is 29.2. The maximum atomic E-state index is 15.8. The van der Waals surface area contributed by atoms with Crippen LogP contribution in [0.4, 0.5) is 4.39 Å². The molecule has 0 unspecified atom stereocenters. The number of allylic oxidation sites excluding steroid dienone is 1. The van der Waals surface area contributed by atoms with Gasteiger partial charge in [-0.25, -0.2) is 4.39 Å². The lowest BCUT2D eigenvalue weighted by Gasteiger charge is -2.25. The highest BCUT2D eigenvalue weighted by Crippen LogP contribution is 2.47. The molecule has 220 valence electrons. The Morgan fingerprint density at radius 1 is 0.744 bits per heavy atom. The lowest BCUT2D eigenvalue weighted by Crippen LogP contribution is -2.13. The Bertz CT molecular complexity index is 2140. The van der Waals surface area contributed by atoms with Crippen molar-refractivity contribution in [3.05, 3.63) is 98.5 Å². The first-order valence-electron chi connectivity index (χ1n) is 15.8. The van der Waals surface area contributed by atoms with E-state index < -0.39 is 0 Å². The molecule has 0 aliphatic rings. The average molecular weight is 570 g/mol. The predicted molar refractivity (Wildman–Crippen MR) is 187 cm³/mol. The van der Waals surface area contributed by atoms with Gasteiger partial charge in [-0.05, 0) is 107 Å². The van der Waals surface area contributed by atoms with Crippen molar-refractivity contribution in [1.29, 1.82) is 0 Å². The minimum Gasteiger partial charge on any atom is -0.308 e. The van der Waals surface area contributed by atoms with Gasteiger partial charge in [0.25, 0.3) is 0 Å². The van der Waals surface area contributed by atoms with Crippen molar-refractivity contribution < 1.29 is 4.39 Å². The van der Waals surface area contributed by atoms with E-state index >= 15 is 4.39 Å². The third-order valence-electron chi connectivity index (χ3n) is 9.73. The minimum absolute atomic E-state index is 0.128. The fourth-order valence-corrected chi connectivity index (χ4v) is 7.39. The normalized spacial score (nSPS) is 12.7. The van der Waals surface area contributed by atoms with Crippen LogP contribution < -0.4 is 5.22 Å². The smallest absolute Gasteiger partial charge is 0.131 e. The maximum Gasteiger partial charge on any atom is 0.131 e. The van der Waals surface area contributed by atoms with Crippen LogP contribution in [0.1, 0.15) is 105 Å². The van der Waals surface area contributed by atoms with Crippen molar-refractivity contribution in [2.75, 3.05) is 0 Å². The van der Waals surface area contributed by atoms with E-state index in [0.29, 0.717) is 28.9 Å². The maximum absolute atomic E-state index is 15.8. The fourth-order valence-electron chi connectivity index (χ4n) is 7.39. The Hall–Kier alpha value is -3.91. The second kappa shape index (κ2) is 10.4. The van der Waals surface area contributed by atoms with Crippen molar-refractivity contribution in [3.8, 4) is 11.1 Å². The topological polar surface area (TPSA) is 4.41 Å². The molecular weight excluding hydrogens is 525 g/mol. The van der Waals surface area contributed by atoms with E-state index in [0.717, 1.165) is 43.7 Å². The molecule has 4 aromatic carbocycles. The number of para-hydroxylation sites is 1. The average Bonchev–Trinajstić information content (AvgIpc) is 3.31. The van der Waals surface area contributed by atoms with Crippen LogP contribution in [0.5, 0.6) is 0 Å². The van der Waals surface area contributed by atoms with E-state index in [1.54, 1.807) is 0 Å². The van der Waals surface area contributed by atoms with Gasteiger partial charge in [-0.3, -0.25) is 0 Å². The highest BCUT2D eigenvalue weighted by atomic mass is 19.1. The molecule has 0 atom stereocenters. The van der Waals surface area contributed by atoms with E-state index in [-0.39, 0.29) is 5.82 Å². The van der Waals surface area contributed by atoms with Crippen LogP contribution in [0.2, 0.25) is 0 Å². The van der Waals surface area contributed by atoms with Crippen molar-refractivity contribution in [2.24, 2.45) is 0 Å². The van der Waals surface area contributed by atoms with Gasteiger partial charge >= 0.3 is 0 Å². The van der Waals surface area contributed by atoms with Crippen LogP contribution in [-0.2, 0) is 0 Å². The molecule has 1 nitrogen and oxygen atoms in total. The monoisotopic (exact) mass is 569 g/mol. The summed E-state index contributed by atoms with van der Waals surface area (Å²) in [6.07, 6.45) is 4.35. The van der Waals surface area contributed by atoms with Crippen LogP contribution in [0.25, 0.3) is 61.9 Å². The molecule has 0 aliphatic heterocycles. The number of aromatic nitrogens is 1. The molecule has 2 heteroatoms. The zero-order chi connectivity index (χ0) is 31.1. The van der Waals surface area contributed by atoms with E-state index in [1.165, 1.54) is 38.6 Å². The van der Waals surface area contributed by atoms with Gasteiger partial charge in [0, 0.05) is 27.1 Å². The summed E-state index contributed by atoms with van der Waals surface area (Å²) in [4.78, 5) is 0. The Morgan fingerprint density at radius 3 is 1.95 bits per heavy atom. The Labute approximate surface area is 255 Å². The van der Waals surface area contributed by atoms with Crippen molar-refractivity contribution in [2.45, 2.75) is 87.0 Å². The molecule has 0 N–H and O–H groups in total. The summed E-state index contributed by atoms with van der Waals surface area (Å²) in [5.41, 5.74) is 13.4. The fraction of sp³-hybridized carbons (Fsp3) is 0.317. The largest absolute Gasteiger partial charge is 0.308 e. The summed E-state index contributed by atoms with van der Waals surface area (Å²) in [7, 11) is 0. The Morgan fingerprint density at radius 2 is 1.37 bits per heavy atom. The standard InChI is InChI=1S/C41H44FN/c1-12-15-28-18-33(37-31(22(4)5)19-29(21(2)3)20-32(37)23(6)7)38-30-16-13-14-17-34(30)43-40-27(11)39(42)25(9)24(8)35(40)26(10)36(28)41(38)43/h12-23H,10H2,1-9,11H3/b15-12-. The third kappa shape index (κ3) is 4.09. The molecule has 0 spiro atoms. The lowest BCUT2D eigenvalue weighted by molar-refractivity contribution is 0.610. The molecule has 0 fully saturated rings. The van der Waals surface area contributed by atoms with Gasteiger partial charge in [-0.1, -0.05) is 90.6 Å². The van der Waals surface area contributed by atoms with Crippen molar-refractivity contribution in [3.63, 3.8) is 0 Å². The summed E-state index contributed by atoms with van der Waals surface area (Å²) in [6, 6.07) is 16.0. The lowest BCUT2D eigenvalue weighted by atomic mass is 9.80. The summed E-state index contributed by atoms with van der Waals surface area (Å²) in [5, 5.41) is 5.59. The number of nitrogens with zero attached hydrogens (tertiary/aromatic N) is 1. The number of halogens is 1. The van der Waals surface area contributed by atoms with E-state index in [9.17, 15) is 0 Å². The van der Waals surface area contributed by atoms with Gasteiger partial charge in [-0.2, -0.15) is 0 Å². The molecular formula is C41H44FN. The number of benzene rings is 4. The molecule has 0 amide bonds. The summed E-state index contributed by atoms with van der Waals surface area (Å²) < 4.78 is 18.2. The van der Waals surface area contributed by atoms with Crippen LogP contribution in [0.15, 0.2) is 48.5 Å². The van der Waals surface area contributed by atoms with Gasteiger partial charge in [0.15, 0.2) is 0 Å².